The van der Waals surface area contributed by atoms with Crippen LogP contribution in [0.3, 0.4) is 0 Å². The van der Waals surface area contributed by atoms with Gasteiger partial charge in [0.2, 0.25) is 0 Å². The van der Waals surface area contributed by atoms with Crippen molar-refractivity contribution in [2.75, 3.05) is 19.2 Å². The highest BCUT2D eigenvalue weighted by atomic mass is 31.2. The van der Waals surface area contributed by atoms with Crippen LogP contribution >= 0.6 is 7.52 Å². The van der Waals surface area contributed by atoms with E-state index in [9.17, 15) is 9.36 Å². The van der Waals surface area contributed by atoms with Gasteiger partial charge in [-0.2, -0.15) is 0 Å². The Balaban J connectivity index is 1.76. The topological polar surface area (TPSA) is 153 Å². The van der Waals surface area contributed by atoms with Crippen LogP contribution in [0.15, 0.2) is 36.9 Å². The molecule has 0 fully saturated rings. The summed E-state index contributed by atoms with van der Waals surface area (Å²) in [5.74, 6) is 0.659. The standard InChI is InChI=1S/C23H33N6O6P/c1-15(2)34-22(30)23(4,5)28-36(31,35-18-9-7-17(32-6)8-10-18)14-33-16(3)11-29-13-27-19-20(24)25-12-26-21(19)29/h7-10,12-13,15-16H,11,14H2,1-6H3,(H,28,31)(H2,24,25,26)/t16-,36+/m1/s1. The van der Waals surface area contributed by atoms with Gasteiger partial charge in [-0.15, -0.1) is 0 Å². The number of benzene rings is 1. The molecule has 0 radical (unpaired) electrons. The van der Waals surface area contributed by atoms with Gasteiger partial charge in [0.05, 0.1) is 32.2 Å². The molecule has 0 unspecified atom stereocenters. The third-order valence-electron chi connectivity index (χ3n) is 5.03. The number of anilines is 1. The fraction of sp³-hybridized carbons (Fsp3) is 0.478. The number of fused-ring (bicyclic) bond motifs is 1. The number of carbonyl (C=O) groups excluding carboxylic acids is 1. The molecule has 3 N–H and O–H groups in total. The summed E-state index contributed by atoms with van der Waals surface area (Å²) >= 11 is 0. The lowest BCUT2D eigenvalue weighted by Crippen LogP contribution is -2.48. The monoisotopic (exact) mass is 520 g/mol. The van der Waals surface area contributed by atoms with Crippen LogP contribution in [-0.4, -0.2) is 56.7 Å². The van der Waals surface area contributed by atoms with E-state index in [1.54, 1.807) is 70.0 Å². The molecule has 1 aromatic carbocycles. The fourth-order valence-corrected chi connectivity index (χ4v) is 5.33. The Morgan fingerprint density at radius 1 is 1.14 bits per heavy atom. The number of nitrogens with one attached hydrogen (secondary N) is 1. The molecule has 3 aromatic rings. The molecule has 0 saturated carbocycles. The first kappa shape index (κ1) is 27.4. The summed E-state index contributed by atoms with van der Waals surface area (Å²) in [5.41, 5.74) is 5.60. The number of imidazole rings is 1. The number of carbonyl (C=O) groups is 1. The smallest absolute Gasteiger partial charge is 0.342 e. The molecule has 0 aliphatic rings. The van der Waals surface area contributed by atoms with E-state index in [0.29, 0.717) is 29.2 Å². The molecule has 13 heteroatoms. The molecule has 0 bridgehead atoms. The predicted molar refractivity (Wildman–Crippen MR) is 135 cm³/mol. The normalized spacial score (nSPS) is 14.4. The minimum Gasteiger partial charge on any atom is -0.497 e. The van der Waals surface area contributed by atoms with E-state index in [1.807, 2.05) is 6.92 Å². The van der Waals surface area contributed by atoms with E-state index in [2.05, 4.69) is 20.0 Å². The fourth-order valence-electron chi connectivity index (χ4n) is 3.31. The van der Waals surface area contributed by atoms with Gasteiger partial charge in [0.1, 0.15) is 35.2 Å². The van der Waals surface area contributed by atoms with Gasteiger partial charge in [-0.25, -0.2) is 20.0 Å². The lowest BCUT2D eigenvalue weighted by molar-refractivity contribution is -0.153. The first-order valence-corrected chi connectivity index (χ1v) is 13.2. The van der Waals surface area contributed by atoms with Gasteiger partial charge in [-0.05, 0) is 58.9 Å². The maximum absolute atomic E-state index is 14.0. The van der Waals surface area contributed by atoms with Crippen LogP contribution in [-0.2, 0) is 25.4 Å². The average Bonchev–Trinajstić information content (AvgIpc) is 3.21. The molecular weight excluding hydrogens is 487 g/mol. The van der Waals surface area contributed by atoms with Crippen molar-refractivity contribution in [1.82, 2.24) is 24.6 Å². The molecule has 0 aliphatic heterocycles. The number of nitrogens with zero attached hydrogens (tertiary/aromatic N) is 4. The number of nitrogen functional groups attached to an aromatic ring is 1. The van der Waals surface area contributed by atoms with E-state index in [0.717, 1.165) is 0 Å². The molecule has 196 valence electrons. The number of nitrogens with two attached hydrogens (primary N) is 1. The molecule has 0 spiro atoms. The Labute approximate surface area is 210 Å². The SMILES string of the molecule is COc1ccc(O[P@@](=O)(CO[C@H](C)Cn2cnc3c(N)ncnc32)NC(C)(C)C(=O)OC(C)C)cc1. The largest absolute Gasteiger partial charge is 0.497 e. The lowest BCUT2D eigenvalue weighted by atomic mass is 10.1. The van der Waals surface area contributed by atoms with Gasteiger partial charge >= 0.3 is 13.5 Å². The highest BCUT2D eigenvalue weighted by Crippen LogP contribution is 2.46. The number of ether oxygens (including phenoxy) is 3. The van der Waals surface area contributed by atoms with Gasteiger partial charge in [0, 0.05) is 0 Å². The van der Waals surface area contributed by atoms with Gasteiger partial charge in [0.25, 0.3) is 0 Å². The van der Waals surface area contributed by atoms with E-state index >= 15 is 0 Å². The molecule has 0 aliphatic carbocycles. The first-order chi connectivity index (χ1) is 16.9. The number of hydrogen-bond acceptors (Lipinski definition) is 10. The average molecular weight is 521 g/mol. The third kappa shape index (κ3) is 6.93. The Morgan fingerprint density at radius 3 is 2.44 bits per heavy atom. The van der Waals surface area contributed by atoms with Crippen LogP contribution in [0.4, 0.5) is 5.82 Å². The van der Waals surface area contributed by atoms with Gasteiger partial charge in [-0.3, -0.25) is 9.36 Å². The number of esters is 1. The van der Waals surface area contributed by atoms with Crippen molar-refractivity contribution in [3.05, 3.63) is 36.9 Å². The maximum Gasteiger partial charge on any atom is 0.342 e. The summed E-state index contributed by atoms with van der Waals surface area (Å²) < 4.78 is 38.0. The Bertz CT molecular complexity index is 1230. The lowest BCUT2D eigenvalue weighted by Gasteiger charge is -2.31. The summed E-state index contributed by atoms with van der Waals surface area (Å²) in [5, 5.41) is 2.85. The van der Waals surface area contributed by atoms with E-state index in [4.69, 9.17) is 24.5 Å². The van der Waals surface area contributed by atoms with Crippen LogP contribution < -0.4 is 20.1 Å². The molecule has 2 aromatic heterocycles. The van der Waals surface area contributed by atoms with E-state index < -0.39 is 25.1 Å². The van der Waals surface area contributed by atoms with Crippen LogP contribution in [0.2, 0.25) is 0 Å². The molecule has 2 atom stereocenters. The maximum atomic E-state index is 14.0. The summed E-state index contributed by atoms with van der Waals surface area (Å²) in [4.78, 5) is 25.0. The molecular formula is C23H33N6O6P. The molecule has 0 amide bonds. The molecule has 2 heterocycles. The number of aromatic nitrogens is 4. The Hall–Kier alpha value is -3.21. The second-order valence-electron chi connectivity index (χ2n) is 9.07. The van der Waals surface area contributed by atoms with Crippen molar-refractivity contribution in [3.8, 4) is 11.5 Å². The van der Waals surface area contributed by atoms with Crippen molar-refractivity contribution in [2.45, 2.75) is 58.9 Å². The van der Waals surface area contributed by atoms with E-state index in [1.165, 1.54) is 6.33 Å². The van der Waals surface area contributed by atoms with Gasteiger partial charge in [0.15, 0.2) is 11.5 Å². The zero-order chi connectivity index (χ0) is 26.5. The predicted octanol–water partition coefficient (Wildman–Crippen LogP) is 3.37. The molecule has 3 rings (SSSR count). The second-order valence-corrected chi connectivity index (χ2v) is 11.1. The number of hydrogen-bond donors (Lipinski definition) is 2. The minimum absolute atomic E-state index is 0.282. The van der Waals surface area contributed by atoms with Crippen molar-refractivity contribution in [3.63, 3.8) is 0 Å². The number of methoxy groups -OCH3 is 1. The molecule has 0 saturated heterocycles. The minimum atomic E-state index is -3.77. The summed E-state index contributed by atoms with van der Waals surface area (Å²) in [6.45, 7) is 8.80. The zero-order valence-electron chi connectivity index (χ0n) is 21.3. The van der Waals surface area contributed by atoms with Gasteiger partial charge < -0.3 is 29.0 Å². The molecule has 12 nitrogen and oxygen atoms in total. The summed E-state index contributed by atoms with van der Waals surface area (Å²) in [7, 11) is -2.22. The van der Waals surface area contributed by atoms with Crippen molar-refractivity contribution >= 4 is 30.5 Å². The van der Waals surface area contributed by atoms with Crippen molar-refractivity contribution in [1.29, 1.82) is 0 Å². The van der Waals surface area contributed by atoms with Gasteiger partial charge in [-0.1, -0.05) is 0 Å². The van der Waals surface area contributed by atoms with Crippen LogP contribution in [0, 0.1) is 0 Å². The first-order valence-electron chi connectivity index (χ1n) is 11.4. The van der Waals surface area contributed by atoms with Crippen LogP contribution in [0.25, 0.3) is 11.2 Å². The quantitative estimate of drug-likeness (QED) is 0.267. The highest BCUT2D eigenvalue weighted by Gasteiger charge is 2.40. The van der Waals surface area contributed by atoms with Crippen molar-refractivity contribution in [2.24, 2.45) is 0 Å². The second kappa shape index (κ2) is 11.2. The Morgan fingerprint density at radius 2 is 1.81 bits per heavy atom. The van der Waals surface area contributed by atoms with Crippen LogP contribution in [0.5, 0.6) is 11.5 Å². The van der Waals surface area contributed by atoms with Crippen molar-refractivity contribution < 1.29 is 28.1 Å². The number of rotatable bonds is 12. The Kier molecular flexibility index (Phi) is 8.55. The summed E-state index contributed by atoms with van der Waals surface area (Å²) in [6.07, 6.45) is 1.88. The van der Waals surface area contributed by atoms with E-state index in [-0.39, 0.29) is 18.3 Å². The third-order valence-corrected chi connectivity index (χ3v) is 6.92. The zero-order valence-corrected chi connectivity index (χ0v) is 22.2. The molecule has 36 heavy (non-hydrogen) atoms. The summed E-state index contributed by atoms with van der Waals surface area (Å²) in [6, 6.07) is 6.60. The van der Waals surface area contributed by atoms with Crippen LogP contribution in [0.1, 0.15) is 34.6 Å². The highest BCUT2D eigenvalue weighted by molar-refractivity contribution is 7.57.